The van der Waals surface area contributed by atoms with Crippen LogP contribution in [-0.4, -0.2) is 43.2 Å². The first-order chi connectivity index (χ1) is 17.9. The van der Waals surface area contributed by atoms with Crippen molar-refractivity contribution in [3.8, 4) is 28.7 Å². The molecule has 0 atom stereocenters. The normalized spacial score (nSPS) is 10.8. The van der Waals surface area contributed by atoms with Crippen molar-refractivity contribution in [2.75, 3.05) is 12.4 Å². The van der Waals surface area contributed by atoms with Crippen molar-refractivity contribution in [1.29, 1.82) is 0 Å². The molecular weight excluding hydrogens is 544 g/mol. The summed E-state index contributed by atoms with van der Waals surface area (Å²) in [6.07, 6.45) is -0.165. The van der Waals surface area contributed by atoms with Gasteiger partial charge in [-0.15, -0.1) is 10.2 Å². The Hall–Kier alpha value is -4.12. The van der Waals surface area contributed by atoms with Crippen LogP contribution in [0.1, 0.15) is 33.2 Å². The van der Waals surface area contributed by atoms with Crippen molar-refractivity contribution in [3.05, 3.63) is 69.2 Å². The number of carbonyl (C=O) groups excluding carboxylic acids is 1. The molecule has 0 saturated carbocycles. The van der Waals surface area contributed by atoms with Gasteiger partial charge in [0.25, 0.3) is 12.3 Å². The maximum atomic E-state index is 13.3. The van der Waals surface area contributed by atoms with E-state index in [1.54, 1.807) is 5.51 Å². The van der Waals surface area contributed by atoms with Crippen molar-refractivity contribution in [2.24, 2.45) is 0 Å². The van der Waals surface area contributed by atoms with Crippen LogP contribution in [0.5, 0.6) is 5.75 Å². The largest absolute Gasteiger partial charge is 0.494 e. The fourth-order valence-corrected chi connectivity index (χ4v) is 4.60. The van der Waals surface area contributed by atoms with Crippen LogP contribution in [0.4, 0.5) is 13.9 Å². The molecule has 0 fully saturated rings. The first kappa shape index (κ1) is 24.6. The van der Waals surface area contributed by atoms with E-state index in [2.05, 4.69) is 47.3 Å². The summed E-state index contributed by atoms with van der Waals surface area (Å²) in [5.74, 6) is 5.37. The summed E-state index contributed by atoms with van der Waals surface area (Å²) in [5, 5.41) is 11.4. The van der Waals surface area contributed by atoms with E-state index < -0.39 is 18.0 Å². The summed E-state index contributed by atoms with van der Waals surface area (Å²) in [6, 6.07) is 5.67. The van der Waals surface area contributed by atoms with E-state index in [1.807, 2.05) is 0 Å². The van der Waals surface area contributed by atoms with Gasteiger partial charge in [-0.05, 0) is 41.7 Å². The summed E-state index contributed by atoms with van der Waals surface area (Å²) in [5.41, 5.74) is 2.54. The Bertz CT molecular complexity index is 1680. The molecule has 4 heterocycles. The van der Waals surface area contributed by atoms with Crippen LogP contribution in [0.2, 0.25) is 5.02 Å². The van der Waals surface area contributed by atoms with Gasteiger partial charge < -0.3 is 4.74 Å². The quantitative estimate of drug-likeness (QED) is 0.292. The number of hydrogen-bond donors (Lipinski definition) is 1. The lowest BCUT2D eigenvalue weighted by Crippen LogP contribution is -2.13. The molecule has 1 N–H and O–H groups in total. The third-order valence-electron chi connectivity index (χ3n) is 4.85. The van der Waals surface area contributed by atoms with Gasteiger partial charge in [0.2, 0.25) is 0 Å². The molecule has 1 aromatic carbocycles. The summed E-state index contributed by atoms with van der Waals surface area (Å²) in [4.78, 5) is 30.4. The van der Waals surface area contributed by atoms with Gasteiger partial charge in [0.05, 0.1) is 19.5 Å². The van der Waals surface area contributed by atoms with Crippen LogP contribution in [0.25, 0.3) is 21.6 Å². The Morgan fingerprint density at radius 3 is 2.76 bits per heavy atom. The van der Waals surface area contributed by atoms with Crippen LogP contribution >= 0.6 is 34.3 Å². The second-order valence-corrected chi connectivity index (χ2v) is 9.40. The lowest BCUT2D eigenvalue weighted by atomic mass is 9.98. The van der Waals surface area contributed by atoms with Gasteiger partial charge in [-0.1, -0.05) is 34.3 Å². The van der Waals surface area contributed by atoms with Gasteiger partial charge in [-0.2, -0.15) is 4.98 Å². The molecule has 37 heavy (non-hydrogen) atoms. The average Bonchev–Trinajstić information content (AvgIpc) is 3.56. The molecule has 5 rings (SSSR count). The Morgan fingerprint density at radius 2 is 2.00 bits per heavy atom. The minimum absolute atomic E-state index is 0.165. The highest BCUT2D eigenvalue weighted by Gasteiger charge is 2.21. The SMILES string of the molecule is COc1cnc(C(F)F)cc1-c1cc(Cl)ccc1C(=O)Nc1nc2ncc(C#Cc3nncs3)nc2s1. The van der Waals surface area contributed by atoms with Gasteiger partial charge in [0, 0.05) is 16.1 Å². The monoisotopic (exact) mass is 555 g/mol. The topological polar surface area (TPSA) is 116 Å². The van der Waals surface area contributed by atoms with Gasteiger partial charge in [0.15, 0.2) is 20.6 Å². The van der Waals surface area contributed by atoms with Crippen LogP contribution < -0.4 is 10.1 Å². The Labute approximate surface area is 220 Å². The molecular formula is C23H12ClF2N7O2S2. The maximum absolute atomic E-state index is 13.3. The number of amides is 1. The zero-order valence-electron chi connectivity index (χ0n) is 18.6. The fourth-order valence-electron chi connectivity index (χ4n) is 3.23. The Morgan fingerprint density at radius 1 is 1.14 bits per heavy atom. The zero-order valence-corrected chi connectivity index (χ0v) is 21.0. The highest BCUT2D eigenvalue weighted by molar-refractivity contribution is 7.21. The number of nitrogens with one attached hydrogen (secondary N) is 1. The highest BCUT2D eigenvalue weighted by Crippen LogP contribution is 2.36. The molecule has 9 nitrogen and oxygen atoms in total. The first-order valence-electron chi connectivity index (χ1n) is 10.3. The molecule has 0 unspecified atom stereocenters. The van der Waals surface area contributed by atoms with E-state index in [-0.39, 0.29) is 27.6 Å². The van der Waals surface area contributed by atoms with Crippen molar-refractivity contribution in [1.82, 2.24) is 30.1 Å². The molecule has 0 saturated heterocycles. The second-order valence-electron chi connectivity index (χ2n) is 7.15. The summed E-state index contributed by atoms with van der Waals surface area (Å²) in [6.45, 7) is 0. The number of anilines is 1. The fraction of sp³-hybridized carbons (Fsp3) is 0.0870. The number of thiazole rings is 1. The molecule has 4 aromatic heterocycles. The number of benzene rings is 1. The van der Waals surface area contributed by atoms with E-state index >= 15 is 0 Å². The van der Waals surface area contributed by atoms with E-state index in [0.29, 0.717) is 26.2 Å². The lowest BCUT2D eigenvalue weighted by molar-refractivity contribution is 0.102. The number of carbonyl (C=O) groups is 1. The van der Waals surface area contributed by atoms with Crippen molar-refractivity contribution < 1.29 is 18.3 Å². The molecule has 0 radical (unpaired) electrons. The van der Waals surface area contributed by atoms with Crippen molar-refractivity contribution >= 4 is 55.8 Å². The third-order valence-corrected chi connectivity index (χ3v) is 6.55. The number of aromatic nitrogens is 6. The van der Waals surface area contributed by atoms with Crippen molar-refractivity contribution in [3.63, 3.8) is 0 Å². The summed E-state index contributed by atoms with van der Waals surface area (Å²) in [7, 11) is 1.38. The van der Waals surface area contributed by atoms with Crippen LogP contribution in [-0.2, 0) is 0 Å². The number of pyridine rings is 1. The third kappa shape index (κ3) is 5.36. The molecule has 14 heteroatoms. The number of nitrogens with zero attached hydrogens (tertiary/aromatic N) is 6. The van der Waals surface area contributed by atoms with Gasteiger partial charge in [-0.3, -0.25) is 15.1 Å². The maximum Gasteiger partial charge on any atom is 0.280 e. The standard InChI is InChI=1S/C23H12ClF2N7O2S2/c1-35-17-9-27-16(19(25)26)7-15(17)14-6-11(24)2-4-13(14)21(34)32-23-31-20-22(37-23)30-12(8-28-20)3-5-18-33-29-10-36-18/h2,4,6-10,19H,1H3,(H,28,31,32,34). The number of ether oxygens (including phenoxy) is 1. The molecule has 1 amide bonds. The number of hydrogen-bond acceptors (Lipinski definition) is 10. The van der Waals surface area contributed by atoms with Crippen LogP contribution in [0.15, 0.2) is 42.2 Å². The van der Waals surface area contributed by atoms with Gasteiger partial charge in [0.1, 0.15) is 22.6 Å². The number of methoxy groups -OCH3 is 1. The van der Waals surface area contributed by atoms with Crippen LogP contribution in [0.3, 0.4) is 0 Å². The number of alkyl halides is 2. The molecule has 0 aliphatic heterocycles. The van der Waals surface area contributed by atoms with Gasteiger partial charge >= 0.3 is 0 Å². The predicted molar refractivity (Wildman–Crippen MR) is 135 cm³/mol. The minimum atomic E-state index is -2.81. The Balaban J connectivity index is 1.46. The lowest BCUT2D eigenvalue weighted by Gasteiger charge is -2.14. The zero-order chi connectivity index (χ0) is 25.9. The van der Waals surface area contributed by atoms with E-state index in [0.717, 1.165) is 11.3 Å². The molecule has 0 aliphatic rings. The minimum Gasteiger partial charge on any atom is -0.494 e. The van der Waals surface area contributed by atoms with Crippen molar-refractivity contribution in [2.45, 2.75) is 6.43 Å². The van der Waals surface area contributed by atoms with E-state index in [1.165, 1.54) is 55.1 Å². The highest BCUT2D eigenvalue weighted by atomic mass is 35.5. The first-order valence-corrected chi connectivity index (χ1v) is 12.3. The summed E-state index contributed by atoms with van der Waals surface area (Å²) < 4.78 is 32.0. The Kier molecular flexibility index (Phi) is 6.95. The van der Waals surface area contributed by atoms with Crippen LogP contribution in [0, 0.1) is 11.8 Å². The number of rotatable bonds is 5. The number of halogens is 3. The molecule has 5 aromatic rings. The van der Waals surface area contributed by atoms with E-state index in [9.17, 15) is 13.6 Å². The smallest absolute Gasteiger partial charge is 0.280 e. The molecule has 0 bridgehead atoms. The average molecular weight is 556 g/mol. The number of fused-ring (bicyclic) bond motifs is 1. The molecule has 184 valence electrons. The summed E-state index contributed by atoms with van der Waals surface area (Å²) >= 11 is 8.58. The second kappa shape index (κ2) is 10.5. The molecule has 0 spiro atoms. The van der Waals surface area contributed by atoms with E-state index in [4.69, 9.17) is 16.3 Å². The predicted octanol–water partition coefficient (Wildman–Crippen LogP) is 5.25. The van der Waals surface area contributed by atoms with Gasteiger partial charge in [-0.25, -0.2) is 18.7 Å². The molecule has 0 aliphatic carbocycles.